The number of hydrogen-bond donors (Lipinski definition) is 2. The van der Waals surface area contributed by atoms with Crippen LogP contribution < -0.4 is 11.3 Å². The lowest BCUT2D eigenvalue weighted by atomic mass is 10.3. The van der Waals surface area contributed by atoms with E-state index in [1.54, 1.807) is 6.07 Å². The van der Waals surface area contributed by atoms with Crippen molar-refractivity contribution < 1.29 is 0 Å². The first-order valence-corrected chi connectivity index (χ1v) is 8.16. The van der Waals surface area contributed by atoms with E-state index < -0.39 is 0 Å². The van der Waals surface area contributed by atoms with Crippen molar-refractivity contribution in [3.63, 3.8) is 0 Å². The molecule has 6 heteroatoms. The fourth-order valence-electron chi connectivity index (χ4n) is 1.88. The summed E-state index contributed by atoms with van der Waals surface area (Å²) in [7, 11) is 0. The largest absolute Gasteiger partial charge is 0.330 e. The molecule has 0 amide bonds. The summed E-state index contributed by atoms with van der Waals surface area (Å²) >= 11 is 3.84. The maximum absolute atomic E-state index is 11.6. The summed E-state index contributed by atoms with van der Waals surface area (Å²) in [5.41, 5.74) is 6.25. The lowest BCUT2D eigenvalue weighted by Crippen LogP contribution is -2.25. The molecule has 1 aromatic rings. The molecule has 0 spiro atoms. The minimum atomic E-state index is -0.0691. The third-order valence-corrected chi connectivity index (χ3v) is 6.47. The van der Waals surface area contributed by atoms with E-state index in [4.69, 9.17) is 5.73 Å². The highest BCUT2D eigenvalue weighted by Crippen LogP contribution is 2.42. The maximum Gasteiger partial charge on any atom is 0.251 e. The van der Waals surface area contributed by atoms with Gasteiger partial charge in [0.1, 0.15) is 5.82 Å². The molecule has 1 fully saturated rings. The summed E-state index contributed by atoms with van der Waals surface area (Å²) in [4.78, 5) is 19.0. The van der Waals surface area contributed by atoms with Crippen molar-refractivity contribution in [3.8, 4) is 0 Å². The zero-order valence-electron chi connectivity index (χ0n) is 10.7. The second kappa shape index (κ2) is 6.12. The summed E-state index contributed by atoms with van der Waals surface area (Å²) < 4.78 is 0. The SMILES string of the molecule is CC1SCC(c2nc(CCN)cc(=O)[nH]2)SC1C. The van der Waals surface area contributed by atoms with Crippen LogP contribution in [-0.2, 0) is 6.42 Å². The smallest absolute Gasteiger partial charge is 0.251 e. The van der Waals surface area contributed by atoms with E-state index in [-0.39, 0.29) is 10.8 Å². The Morgan fingerprint density at radius 3 is 2.94 bits per heavy atom. The van der Waals surface area contributed by atoms with E-state index in [1.165, 1.54) is 0 Å². The van der Waals surface area contributed by atoms with E-state index in [1.807, 2.05) is 23.5 Å². The molecule has 1 aliphatic rings. The highest BCUT2D eigenvalue weighted by Gasteiger charge is 2.28. The minimum Gasteiger partial charge on any atom is -0.330 e. The number of nitrogens with two attached hydrogens (primary N) is 1. The average Bonchev–Trinajstić information content (AvgIpc) is 2.32. The van der Waals surface area contributed by atoms with Crippen LogP contribution in [0.15, 0.2) is 10.9 Å². The molecule has 0 radical (unpaired) electrons. The molecule has 3 atom stereocenters. The Balaban J connectivity index is 2.20. The summed E-state index contributed by atoms with van der Waals surface area (Å²) in [6, 6.07) is 1.54. The number of aromatic amines is 1. The van der Waals surface area contributed by atoms with Gasteiger partial charge in [0.2, 0.25) is 0 Å². The molecule has 4 nitrogen and oxygen atoms in total. The lowest BCUT2D eigenvalue weighted by Gasteiger charge is -2.30. The van der Waals surface area contributed by atoms with Crippen LogP contribution in [0, 0.1) is 0 Å². The molecule has 0 aliphatic carbocycles. The lowest BCUT2D eigenvalue weighted by molar-refractivity contribution is 0.819. The molecule has 100 valence electrons. The van der Waals surface area contributed by atoms with Gasteiger partial charge in [-0.3, -0.25) is 4.79 Å². The van der Waals surface area contributed by atoms with Crippen molar-refractivity contribution in [3.05, 3.63) is 27.9 Å². The summed E-state index contributed by atoms with van der Waals surface area (Å²) in [5, 5.41) is 1.52. The van der Waals surface area contributed by atoms with Gasteiger partial charge in [-0.1, -0.05) is 13.8 Å². The Hall–Kier alpha value is -0.460. The molecule has 3 N–H and O–H groups in total. The van der Waals surface area contributed by atoms with Gasteiger partial charge in [-0.15, -0.1) is 11.8 Å². The quantitative estimate of drug-likeness (QED) is 0.882. The van der Waals surface area contributed by atoms with Gasteiger partial charge >= 0.3 is 0 Å². The molecule has 0 bridgehead atoms. The number of aromatic nitrogens is 2. The van der Waals surface area contributed by atoms with Gasteiger partial charge in [0.25, 0.3) is 5.56 Å². The molecule has 2 rings (SSSR count). The molecule has 1 saturated heterocycles. The Bertz CT molecular complexity index is 463. The molecule has 1 aromatic heterocycles. The number of H-pyrrole nitrogens is 1. The minimum absolute atomic E-state index is 0.0691. The number of rotatable bonds is 3. The van der Waals surface area contributed by atoms with Crippen LogP contribution in [0.4, 0.5) is 0 Å². The Morgan fingerprint density at radius 2 is 2.28 bits per heavy atom. The molecule has 0 saturated carbocycles. The third kappa shape index (κ3) is 3.30. The van der Waals surface area contributed by atoms with Crippen LogP contribution in [0.5, 0.6) is 0 Å². The molecule has 3 unspecified atom stereocenters. The molecule has 1 aliphatic heterocycles. The zero-order valence-corrected chi connectivity index (χ0v) is 12.3. The highest BCUT2D eigenvalue weighted by atomic mass is 32.2. The highest BCUT2D eigenvalue weighted by molar-refractivity contribution is 8.07. The van der Waals surface area contributed by atoms with Crippen molar-refractivity contribution in [1.29, 1.82) is 0 Å². The van der Waals surface area contributed by atoms with Crippen LogP contribution in [-0.4, -0.2) is 32.8 Å². The van der Waals surface area contributed by atoms with E-state index in [9.17, 15) is 4.79 Å². The van der Waals surface area contributed by atoms with Crippen molar-refractivity contribution in [2.24, 2.45) is 5.73 Å². The standard InChI is InChI=1S/C12H19N3OS2/c1-7-8(2)18-10(6-17-7)12-14-9(3-4-13)5-11(16)15-12/h5,7-8,10H,3-4,6,13H2,1-2H3,(H,14,15,16). The number of hydrogen-bond acceptors (Lipinski definition) is 5. The second-order valence-electron chi connectivity index (χ2n) is 4.53. The van der Waals surface area contributed by atoms with E-state index >= 15 is 0 Å². The van der Waals surface area contributed by atoms with Gasteiger partial charge < -0.3 is 10.7 Å². The Labute approximate surface area is 116 Å². The van der Waals surface area contributed by atoms with Crippen LogP contribution in [0.1, 0.15) is 30.6 Å². The Kier molecular flexibility index (Phi) is 4.75. The van der Waals surface area contributed by atoms with Gasteiger partial charge in [-0.25, -0.2) is 4.98 Å². The van der Waals surface area contributed by atoms with E-state index in [0.717, 1.165) is 17.3 Å². The molecule has 18 heavy (non-hydrogen) atoms. The van der Waals surface area contributed by atoms with Crippen LogP contribution in [0.2, 0.25) is 0 Å². The zero-order chi connectivity index (χ0) is 13.1. The average molecular weight is 285 g/mol. The molecule has 2 heterocycles. The molecular weight excluding hydrogens is 266 g/mol. The van der Waals surface area contributed by atoms with Crippen LogP contribution in [0.3, 0.4) is 0 Å². The molecule has 0 aromatic carbocycles. The number of thioether (sulfide) groups is 2. The van der Waals surface area contributed by atoms with Crippen LogP contribution >= 0.6 is 23.5 Å². The maximum atomic E-state index is 11.6. The second-order valence-corrected chi connectivity index (χ2v) is 7.52. The first-order valence-electron chi connectivity index (χ1n) is 6.17. The summed E-state index contributed by atoms with van der Waals surface area (Å²) in [6.07, 6.45) is 0.660. The van der Waals surface area contributed by atoms with Crippen molar-refractivity contribution in [2.75, 3.05) is 12.3 Å². The number of nitrogens with zero attached hydrogens (tertiary/aromatic N) is 1. The van der Waals surface area contributed by atoms with E-state index in [2.05, 4.69) is 23.8 Å². The topological polar surface area (TPSA) is 71.8 Å². The van der Waals surface area contributed by atoms with Crippen LogP contribution in [0.25, 0.3) is 0 Å². The normalized spacial score (nSPS) is 28.3. The van der Waals surface area contributed by atoms with Gasteiger partial charge in [-0.2, -0.15) is 11.8 Å². The van der Waals surface area contributed by atoms with Crippen molar-refractivity contribution in [1.82, 2.24) is 9.97 Å². The predicted molar refractivity (Wildman–Crippen MR) is 79.3 cm³/mol. The van der Waals surface area contributed by atoms with Gasteiger partial charge in [0.05, 0.1) is 5.25 Å². The number of nitrogens with one attached hydrogen (secondary N) is 1. The first kappa shape index (κ1) is 14.0. The monoisotopic (exact) mass is 285 g/mol. The van der Waals surface area contributed by atoms with Crippen molar-refractivity contribution >= 4 is 23.5 Å². The summed E-state index contributed by atoms with van der Waals surface area (Å²) in [6.45, 7) is 5.01. The van der Waals surface area contributed by atoms with E-state index in [0.29, 0.717) is 23.5 Å². The van der Waals surface area contributed by atoms with Gasteiger partial charge in [-0.05, 0) is 6.54 Å². The van der Waals surface area contributed by atoms with Gasteiger partial charge in [0.15, 0.2) is 0 Å². The predicted octanol–water partition coefficient (Wildman–Crippen LogP) is 1.57. The fourth-order valence-corrected chi connectivity index (χ4v) is 4.75. The molecular formula is C12H19N3OS2. The van der Waals surface area contributed by atoms with Crippen molar-refractivity contribution in [2.45, 2.75) is 36.0 Å². The van der Waals surface area contributed by atoms with Gasteiger partial charge in [0, 0.05) is 34.4 Å². The summed E-state index contributed by atoms with van der Waals surface area (Å²) in [5.74, 6) is 1.81. The third-order valence-electron chi connectivity index (χ3n) is 3.07. The fraction of sp³-hybridized carbons (Fsp3) is 0.667. The first-order chi connectivity index (χ1) is 8.60. The Morgan fingerprint density at radius 1 is 1.50 bits per heavy atom.